The van der Waals surface area contributed by atoms with Crippen LogP contribution in [0.25, 0.3) is 16.6 Å². The molecule has 0 bridgehead atoms. The molecule has 1 saturated carbocycles. The molecule has 2 aromatic heterocycles. The van der Waals surface area contributed by atoms with Crippen LogP contribution in [0.15, 0.2) is 75.9 Å². The topological polar surface area (TPSA) is 103 Å². The highest BCUT2D eigenvalue weighted by Crippen LogP contribution is 2.41. The second-order valence-electron chi connectivity index (χ2n) is 8.36. The van der Waals surface area contributed by atoms with Crippen molar-refractivity contribution in [3.8, 4) is 0 Å². The van der Waals surface area contributed by atoms with Gasteiger partial charge in [0.2, 0.25) is 5.95 Å². The maximum absolute atomic E-state index is 15.2. The highest BCUT2D eigenvalue weighted by atomic mass is 32.2. The van der Waals surface area contributed by atoms with E-state index in [-0.39, 0.29) is 28.7 Å². The summed E-state index contributed by atoms with van der Waals surface area (Å²) in [5.41, 5.74) is 1.25. The van der Waals surface area contributed by atoms with Crippen molar-refractivity contribution in [1.82, 2.24) is 14.5 Å². The predicted molar refractivity (Wildman–Crippen MR) is 126 cm³/mol. The molecule has 0 saturated heterocycles. The Morgan fingerprint density at radius 1 is 1.15 bits per heavy atom. The van der Waals surface area contributed by atoms with Crippen LogP contribution in [-0.2, 0) is 14.8 Å². The van der Waals surface area contributed by atoms with Gasteiger partial charge in [-0.3, -0.25) is 9.36 Å². The van der Waals surface area contributed by atoms with Gasteiger partial charge in [0.15, 0.2) is 0 Å². The average molecular weight is 483 g/mol. The molecular weight excluding hydrogens is 459 g/mol. The van der Waals surface area contributed by atoms with Crippen LogP contribution in [0.4, 0.5) is 10.3 Å². The van der Waals surface area contributed by atoms with E-state index in [0.29, 0.717) is 22.4 Å². The molecule has 2 aliphatic carbocycles. The van der Waals surface area contributed by atoms with E-state index in [1.165, 1.54) is 48.3 Å². The van der Waals surface area contributed by atoms with Crippen LogP contribution < -0.4 is 10.3 Å². The molecule has 10 heteroatoms. The molecule has 1 fully saturated rings. The van der Waals surface area contributed by atoms with E-state index in [4.69, 9.17) is 4.74 Å². The van der Waals surface area contributed by atoms with Gasteiger partial charge in [-0.25, -0.2) is 27.5 Å². The van der Waals surface area contributed by atoms with E-state index >= 15 is 4.39 Å². The van der Waals surface area contributed by atoms with Crippen LogP contribution >= 0.6 is 0 Å². The monoisotopic (exact) mass is 482 g/mol. The summed E-state index contributed by atoms with van der Waals surface area (Å²) in [5, 5.41) is 0.503. The quantitative estimate of drug-likeness (QED) is 0.572. The molecule has 1 N–H and O–H groups in total. The molecule has 3 aromatic rings. The van der Waals surface area contributed by atoms with Gasteiger partial charge in [-0.2, -0.15) is 0 Å². The largest absolute Gasteiger partial charge is 0.495 e. The molecule has 2 aliphatic rings. The minimum absolute atomic E-state index is 0.0114. The second-order valence-corrected chi connectivity index (χ2v) is 10.0. The van der Waals surface area contributed by atoms with Gasteiger partial charge in [0.1, 0.15) is 11.9 Å². The maximum atomic E-state index is 15.2. The number of hydrogen-bond acceptors (Lipinski definition) is 6. The number of allylic oxidation sites excluding steroid dienone is 3. The number of aromatic nitrogens is 3. The number of halogens is 1. The first-order valence-electron chi connectivity index (χ1n) is 11.0. The fourth-order valence-electron chi connectivity index (χ4n) is 4.41. The number of ether oxygens (including phenoxy) is 1. The van der Waals surface area contributed by atoms with E-state index in [2.05, 4.69) is 14.7 Å². The van der Waals surface area contributed by atoms with E-state index in [0.717, 1.165) is 24.8 Å². The van der Waals surface area contributed by atoms with Crippen molar-refractivity contribution in [3.63, 3.8) is 0 Å². The van der Waals surface area contributed by atoms with E-state index < -0.39 is 16.2 Å². The number of nitrogens with zero attached hydrogens (tertiary/aromatic N) is 3. The van der Waals surface area contributed by atoms with Crippen LogP contribution in [0, 0.1) is 5.92 Å². The highest BCUT2D eigenvalue weighted by Gasteiger charge is 2.33. The summed E-state index contributed by atoms with van der Waals surface area (Å²) in [6, 6.07) is 8.84. The molecule has 176 valence electrons. The van der Waals surface area contributed by atoms with Crippen molar-refractivity contribution >= 4 is 32.6 Å². The third kappa shape index (κ3) is 3.98. The van der Waals surface area contributed by atoms with Crippen molar-refractivity contribution < 1.29 is 17.5 Å². The van der Waals surface area contributed by atoms with Crippen LogP contribution in [-0.4, -0.2) is 36.2 Å². The van der Waals surface area contributed by atoms with E-state index in [9.17, 15) is 13.2 Å². The average Bonchev–Trinajstić information content (AvgIpc) is 2.79. The molecule has 5 rings (SSSR count). The zero-order valence-corrected chi connectivity index (χ0v) is 19.3. The molecule has 1 unspecified atom stereocenters. The minimum Gasteiger partial charge on any atom is -0.495 e. The molecule has 0 amide bonds. The van der Waals surface area contributed by atoms with Crippen LogP contribution in [0.1, 0.15) is 25.7 Å². The van der Waals surface area contributed by atoms with Gasteiger partial charge in [-0.1, -0.05) is 6.42 Å². The number of methoxy groups -OCH3 is 1. The number of pyridine rings is 1. The Bertz CT molecular complexity index is 1480. The highest BCUT2D eigenvalue weighted by molar-refractivity contribution is 7.92. The summed E-state index contributed by atoms with van der Waals surface area (Å²) in [5.74, 6) is 0.623. The normalized spacial score (nSPS) is 19.0. The molecule has 1 aromatic carbocycles. The van der Waals surface area contributed by atoms with Crippen molar-refractivity contribution in [2.24, 2.45) is 5.92 Å². The summed E-state index contributed by atoms with van der Waals surface area (Å²) in [6.45, 7) is 0. The first-order chi connectivity index (χ1) is 16.4. The number of sulfonamides is 1. The molecule has 0 radical (unpaired) electrons. The van der Waals surface area contributed by atoms with Gasteiger partial charge in [-0.05, 0) is 60.7 Å². The molecule has 34 heavy (non-hydrogen) atoms. The van der Waals surface area contributed by atoms with Crippen molar-refractivity contribution in [2.45, 2.75) is 36.8 Å². The van der Waals surface area contributed by atoms with Gasteiger partial charge >= 0.3 is 0 Å². The smallest absolute Gasteiger partial charge is 0.264 e. The Morgan fingerprint density at radius 2 is 1.91 bits per heavy atom. The SMILES string of the molecule is COC1=C(n2c(=O)ccc3cc(S(=O)(=O)Nc4ncccn4)ccc32)CC(F)C(C2CCC2)=C1. The molecular formula is C24H23FN4O4S. The van der Waals surface area contributed by atoms with E-state index in [1.807, 2.05) is 0 Å². The minimum atomic E-state index is -3.96. The Morgan fingerprint density at radius 3 is 2.59 bits per heavy atom. The predicted octanol–water partition coefficient (Wildman–Crippen LogP) is 3.88. The van der Waals surface area contributed by atoms with E-state index in [1.54, 1.807) is 18.2 Å². The third-order valence-electron chi connectivity index (χ3n) is 6.35. The lowest BCUT2D eigenvalue weighted by atomic mass is 9.75. The van der Waals surface area contributed by atoms with Crippen LogP contribution in [0.3, 0.4) is 0 Å². The van der Waals surface area contributed by atoms with Crippen molar-refractivity contribution in [1.29, 1.82) is 0 Å². The van der Waals surface area contributed by atoms with Gasteiger partial charge in [0.25, 0.3) is 15.6 Å². The molecule has 0 spiro atoms. The Labute approximate surface area is 195 Å². The maximum Gasteiger partial charge on any atom is 0.264 e. The number of fused-ring (bicyclic) bond motifs is 1. The number of benzene rings is 1. The summed E-state index contributed by atoms with van der Waals surface area (Å²) in [7, 11) is -2.46. The molecule has 2 heterocycles. The molecule has 8 nitrogen and oxygen atoms in total. The Kier molecular flexibility index (Phi) is 5.68. The number of alkyl halides is 1. The van der Waals surface area contributed by atoms with Crippen molar-refractivity contribution in [3.05, 3.63) is 76.6 Å². The summed E-state index contributed by atoms with van der Waals surface area (Å²) in [6.07, 6.45) is 6.41. The Balaban J connectivity index is 1.59. The first kappa shape index (κ1) is 22.3. The third-order valence-corrected chi connectivity index (χ3v) is 7.68. The second kappa shape index (κ2) is 8.68. The number of rotatable bonds is 6. The standard InChI is InChI=1S/C24H23FN4O4S/c1-33-22-13-18(15-4-2-5-15)19(25)14-21(22)29-20-8-7-17(12-16(20)6-9-23(29)30)34(31,32)28-24-26-10-3-11-27-24/h3,6-13,15,19H,2,4-5,14H2,1H3,(H,26,27,28). The lowest BCUT2D eigenvalue weighted by molar-refractivity contribution is 0.264. The Hall–Kier alpha value is -3.53. The molecule has 0 aliphatic heterocycles. The lowest BCUT2D eigenvalue weighted by Crippen LogP contribution is -2.28. The number of nitrogens with one attached hydrogen (secondary N) is 1. The zero-order chi connectivity index (χ0) is 23.9. The number of hydrogen-bond donors (Lipinski definition) is 1. The van der Waals surface area contributed by atoms with Gasteiger partial charge in [0.05, 0.1) is 23.2 Å². The summed E-state index contributed by atoms with van der Waals surface area (Å²) >= 11 is 0. The zero-order valence-electron chi connectivity index (χ0n) is 18.4. The summed E-state index contributed by atoms with van der Waals surface area (Å²) in [4.78, 5) is 20.6. The lowest BCUT2D eigenvalue weighted by Gasteiger charge is -2.33. The van der Waals surface area contributed by atoms with Gasteiger partial charge in [0, 0.05) is 30.3 Å². The van der Waals surface area contributed by atoms with Crippen molar-refractivity contribution in [2.75, 3.05) is 11.8 Å². The summed E-state index contributed by atoms with van der Waals surface area (Å²) < 4.78 is 50.1. The van der Waals surface area contributed by atoms with Gasteiger partial charge in [-0.15, -0.1) is 0 Å². The number of anilines is 1. The molecule has 1 atom stereocenters. The van der Waals surface area contributed by atoms with Crippen LogP contribution in [0.2, 0.25) is 0 Å². The first-order valence-corrected chi connectivity index (χ1v) is 12.4. The fourth-order valence-corrected chi connectivity index (χ4v) is 5.40. The van der Waals surface area contributed by atoms with Crippen LogP contribution in [0.5, 0.6) is 0 Å². The van der Waals surface area contributed by atoms with Gasteiger partial charge < -0.3 is 4.74 Å². The fraction of sp³-hybridized carbons (Fsp3) is 0.292.